The van der Waals surface area contributed by atoms with E-state index in [-0.39, 0.29) is 18.0 Å². The number of methoxy groups -OCH3 is 2. The van der Waals surface area contributed by atoms with Gasteiger partial charge in [0.1, 0.15) is 12.1 Å². The number of aryl methyl sites for hydroxylation is 1. The first kappa shape index (κ1) is 21.2. The zero-order valence-electron chi connectivity index (χ0n) is 18.2. The Morgan fingerprint density at radius 1 is 1.00 bits per heavy atom. The number of amides is 1. The Bertz CT molecular complexity index is 1320. The Morgan fingerprint density at radius 2 is 1.75 bits per heavy atom. The average molecular weight is 432 g/mol. The van der Waals surface area contributed by atoms with Crippen molar-refractivity contribution >= 4 is 17.1 Å². The van der Waals surface area contributed by atoms with E-state index in [1.807, 2.05) is 30.3 Å². The van der Waals surface area contributed by atoms with E-state index in [2.05, 4.69) is 17.3 Å². The standard InChI is InChI=1S/C24H24N4O4/c1-4-16-5-8-18(9-6-16)25-23(29)15-27-11-12-28-20(24(27)30)14-19(26-28)17-7-10-21(31-2)22(13-17)32-3/h5-14H,4,15H2,1-3H3,(H,25,29). The van der Waals surface area contributed by atoms with Crippen LogP contribution >= 0.6 is 0 Å². The lowest BCUT2D eigenvalue weighted by Crippen LogP contribution is -2.28. The van der Waals surface area contributed by atoms with E-state index in [1.54, 1.807) is 44.8 Å². The molecule has 1 amide bonds. The van der Waals surface area contributed by atoms with Gasteiger partial charge in [-0.25, -0.2) is 4.52 Å². The molecule has 8 nitrogen and oxygen atoms in total. The lowest BCUT2D eigenvalue weighted by Gasteiger charge is -2.08. The Morgan fingerprint density at radius 3 is 2.44 bits per heavy atom. The maximum atomic E-state index is 12.9. The van der Waals surface area contributed by atoms with Crippen LogP contribution in [0, 0.1) is 0 Å². The number of ether oxygens (including phenoxy) is 2. The minimum atomic E-state index is -0.303. The molecule has 8 heteroatoms. The van der Waals surface area contributed by atoms with Gasteiger partial charge < -0.3 is 19.4 Å². The number of fused-ring (bicyclic) bond motifs is 1. The van der Waals surface area contributed by atoms with E-state index in [0.717, 1.165) is 12.0 Å². The molecule has 0 fully saturated rings. The highest BCUT2D eigenvalue weighted by molar-refractivity contribution is 5.90. The average Bonchev–Trinajstić information content (AvgIpc) is 3.26. The molecule has 0 aliphatic heterocycles. The first-order valence-corrected chi connectivity index (χ1v) is 10.2. The summed E-state index contributed by atoms with van der Waals surface area (Å²) >= 11 is 0. The third-order valence-corrected chi connectivity index (χ3v) is 5.24. The van der Waals surface area contributed by atoms with Crippen LogP contribution in [0.15, 0.2) is 65.7 Å². The molecule has 0 aliphatic carbocycles. The van der Waals surface area contributed by atoms with Gasteiger partial charge in [-0.05, 0) is 48.4 Å². The molecule has 0 aliphatic rings. The normalized spacial score (nSPS) is 10.8. The van der Waals surface area contributed by atoms with Crippen molar-refractivity contribution in [2.75, 3.05) is 19.5 Å². The van der Waals surface area contributed by atoms with Gasteiger partial charge in [0, 0.05) is 23.6 Å². The first-order chi connectivity index (χ1) is 15.5. The SMILES string of the molecule is CCc1ccc(NC(=O)Cn2ccn3nc(-c4ccc(OC)c(OC)c4)cc3c2=O)cc1. The second kappa shape index (κ2) is 8.97. The van der Waals surface area contributed by atoms with Gasteiger partial charge in [0.2, 0.25) is 5.91 Å². The Labute approximate surface area is 185 Å². The highest BCUT2D eigenvalue weighted by atomic mass is 16.5. The summed E-state index contributed by atoms with van der Waals surface area (Å²) in [5, 5.41) is 7.31. The van der Waals surface area contributed by atoms with Crippen molar-refractivity contribution in [1.82, 2.24) is 14.2 Å². The molecule has 0 spiro atoms. The second-order valence-electron chi connectivity index (χ2n) is 7.26. The summed E-state index contributed by atoms with van der Waals surface area (Å²) in [6.07, 6.45) is 4.14. The van der Waals surface area contributed by atoms with Crippen LogP contribution < -0.4 is 20.3 Å². The quantitative estimate of drug-likeness (QED) is 0.484. The minimum absolute atomic E-state index is 0.0955. The zero-order valence-corrected chi connectivity index (χ0v) is 18.2. The van der Waals surface area contributed by atoms with Crippen molar-refractivity contribution in [3.05, 3.63) is 76.8 Å². The summed E-state index contributed by atoms with van der Waals surface area (Å²) in [4.78, 5) is 25.4. The molecule has 4 aromatic rings. The molecule has 32 heavy (non-hydrogen) atoms. The largest absolute Gasteiger partial charge is 0.493 e. The summed E-state index contributed by atoms with van der Waals surface area (Å²) in [7, 11) is 3.13. The molecule has 1 N–H and O–H groups in total. The van der Waals surface area contributed by atoms with E-state index in [0.29, 0.717) is 28.4 Å². The molecule has 0 radical (unpaired) electrons. The van der Waals surface area contributed by atoms with Crippen LogP contribution in [0.1, 0.15) is 12.5 Å². The maximum Gasteiger partial charge on any atom is 0.277 e. The molecule has 0 saturated carbocycles. The minimum Gasteiger partial charge on any atom is -0.493 e. The summed E-state index contributed by atoms with van der Waals surface area (Å²) in [5.41, 5.74) is 3.35. The van der Waals surface area contributed by atoms with Crippen LogP contribution in [-0.4, -0.2) is 34.3 Å². The fourth-order valence-electron chi connectivity index (χ4n) is 3.47. The van der Waals surface area contributed by atoms with Gasteiger partial charge in [-0.1, -0.05) is 19.1 Å². The predicted molar refractivity (Wildman–Crippen MR) is 122 cm³/mol. The van der Waals surface area contributed by atoms with Crippen molar-refractivity contribution in [3.8, 4) is 22.8 Å². The molecule has 0 unspecified atom stereocenters. The molecular weight excluding hydrogens is 408 g/mol. The molecule has 2 aromatic carbocycles. The highest BCUT2D eigenvalue weighted by Gasteiger charge is 2.13. The van der Waals surface area contributed by atoms with Crippen molar-refractivity contribution in [1.29, 1.82) is 0 Å². The van der Waals surface area contributed by atoms with Gasteiger partial charge in [0.05, 0.1) is 19.9 Å². The van der Waals surface area contributed by atoms with Crippen LogP contribution in [0.2, 0.25) is 0 Å². The first-order valence-electron chi connectivity index (χ1n) is 10.2. The van der Waals surface area contributed by atoms with Crippen LogP contribution in [0.25, 0.3) is 16.8 Å². The fraction of sp³-hybridized carbons (Fsp3) is 0.208. The van der Waals surface area contributed by atoms with Crippen LogP contribution in [0.4, 0.5) is 5.69 Å². The highest BCUT2D eigenvalue weighted by Crippen LogP contribution is 2.31. The topological polar surface area (TPSA) is 86.9 Å². The fourth-order valence-corrected chi connectivity index (χ4v) is 3.47. The van der Waals surface area contributed by atoms with Gasteiger partial charge in [-0.2, -0.15) is 5.10 Å². The van der Waals surface area contributed by atoms with Crippen molar-refractivity contribution in [2.45, 2.75) is 19.9 Å². The van der Waals surface area contributed by atoms with Gasteiger partial charge in [-0.3, -0.25) is 9.59 Å². The smallest absolute Gasteiger partial charge is 0.277 e. The molecule has 4 rings (SSSR count). The van der Waals surface area contributed by atoms with Gasteiger partial charge in [0.15, 0.2) is 11.5 Å². The van der Waals surface area contributed by atoms with E-state index >= 15 is 0 Å². The monoisotopic (exact) mass is 432 g/mol. The van der Waals surface area contributed by atoms with E-state index in [4.69, 9.17) is 9.47 Å². The van der Waals surface area contributed by atoms with Crippen molar-refractivity contribution in [3.63, 3.8) is 0 Å². The van der Waals surface area contributed by atoms with E-state index in [9.17, 15) is 9.59 Å². The Hall–Kier alpha value is -4.07. The zero-order chi connectivity index (χ0) is 22.7. The molecule has 0 saturated heterocycles. The lowest BCUT2D eigenvalue weighted by atomic mass is 10.1. The van der Waals surface area contributed by atoms with Crippen molar-refractivity contribution < 1.29 is 14.3 Å². The number of carbonyl (C=O) groups excluding carboxylic acids is 1. The van der Waals surface area contributed by atoms with Crippen LogP contribution in [-0.2, 0) is 17.8 Å². The number of anilines is 1. The summed E-state index contributed by atoms with van der Waals surface area (Å²) in [6.45, 7) is 1.98. The number of benzene rings is 2. The van der Waals surface area contributed by atoms with Gasteiger partial charge in [0.25, 0.3) is 5.56 Å². The number of aromatic nitrogens is 3. The number of hydrogen-bond acceptors (Lipinski definition) is 5. The molecule has 0 atom stereocenters. The Kier molecular flexibility index (Phi) is 5.93. The number of carbonyl (C=O) groups is 1. The maximum absolute atomic E-state index is 12.9. The number of rotatable bonds is 7. The third kappa shape index (κ3) is 4.20. The third-order valence-electron chi connectivity index (χ3n) is 5.24. The van der Waals surface area contributed by atoms with Gasteiger partial charge >= 0.3 is 0 Å². The number of nitrogens with one attached hydrogen (secondary N) is 1. The molecular formula is C24H24N4O4. The summed E-state index contributed by atoms with van der Waals surface area (Å²) in [5.74, 6) is 0.904. The van der Waals surface area contributed by atoms with E-state index in [1.165, 1.54) is 14.6 Å². The van der Waals surface area contributed by atoms with Crippen LogP contribution in [0.3, 0.4) is 0 Å². The van der Waals surface area contributed by atoms with Gasteiger partial charge in [-0.15, -0.1) is 0 Å². The second-order valence-corrected chi connectivity index (χ2v) is 7.26. The summed E-state index contributed by atoms with van der Waals surface area (Å²) < 4.78 is 13.5. The van der Waals surface area contributed by atoms with E-state index < -0.39 is 0 Å². The van der Waals surface area contributed by atoms with Crippen molar-refractivity contribution in [2.24, 2.45) is 0 Å². The molecule has 2 aromatic heterocycles. The Balaban J connectivity index is 1.57. The molecule has 164 valence electrons. The number of hydrogen-bond donors (Lipinski definition) is 1. The molecule has 2 heterocycles. The van der Waals surface area contributed by atoms with Crippen LogP contribution in [0.5, 0.6) is 11.5 Å². The number of nitrogens with zero attached hydrogens (tertiary/aromatic N) is 3. The molecule has 0 bridgehead atoms. The predicted octanol–water partition coefficient (Wildman–Crippen LogP) is 3.38. The summed E-state index contributed by atoms with van der Waals surface area (Å²) in [6, 6.07) is 14.8. The lowest BCUT2D eigenvalue weighted by molar-refractivity contribution is -0.116.